The molecular weight excluding hydrogens is 358 g/mol. The lowest BCUT2D eigenvalue weighted by molar-refractivity contribution is -0.143. The molecule has 1 aliphatic heterocycles. The van der Waals surface area contributed by atoms with Crippen molar-refractivity contribution in [3.63, 3.8) is 0 Å². The Morgan fingerprint density at radius 1 is 0.923 bits per heavy atom. The third-order valence-electron chi connectivity index (χ3n) is 3.73. The first kappa shape index (κ1) is 17.6. The predicted molar refractivity (Wildman–Crippen MR) is 94.2 cm³/mol. The number of nitrogens with zero attached hydrogens (tertiary/aromatic N) is 2. The quantitative estimate of drug-likeness (QED) is 0.645. The highest BCUT2D eigenvalue weighted by Crippen LogP contribution is 2.17. The lowest BCUT2D eigenvalue weighted by Gasteiger charge is -2.15. The molecule has 0 aliphatic carbocycles. The smallest absolute Gasteiger partial charge is 0.324 e. The predicted octanol–water partition coefficient (Wildman–Crippen LogP) is 2.27. The van der Waals surface area contributed by atoms with Crippen molar-refractivity contribution in [3.8, 4) is 0 Å². The minimum Gasteiger partial charge on any atom is -0.324 e. The zero-order chi connectivity index (χ0) is 18.7. The summed E-state index contributed by atoms with van der Waals surface area (Å²) in [5.41, 5.74) is 1.13. The second kappa shape index (κ2) is 7.37. The van der Waals surface area contributed by atoms with Crippen LogP contribution in [0.3, 0.4) is 0 Å². The van der Waals surface area contributed by atoms with Crippen LogP contribution in [0.2, 0.25) is 5.02 Å². The van der Waals surface area contributed by atoms with Crippen LogP contribution in [0.25, 0.3) is 0 Å². The molecule has 0 aromatic heterocycles. The Morgan fingerprint density at radius 3 is 2.31 bits per heavy atom. The molecular formula is C18H14ClN3O4. The number of urea groups is 1. The van der Waals surface area contributed by atoms with Gasteiger partial charge in [-0.15, -0.1) is 0 Å². The van der Waals surface area contributed by atoms with Crippen LogP contribution in [0.1, 0.15) is 5.56 Å². The van der Waals surface area contributed by atoms with Gasteiger partial charge in [-0.25, -0.2) is 9.69 Å². The number of nitrogens with one attached hydrogen (secondary N) is 1. The summed E-state index contributed by atoms with van der Waals surface area (Å²) in [5, 5.41) is 2.96. The molecule has 3 rings (SSSR count). The fourth-order valence-corrected chi connectivity index (χ4v) is 2.70. The first-order chi connectivity index (χ1) is 12.5. The molecule has 0 atom stereocenters. The van der Waals surface area contributed by atoms with E-state index in [1.165, 1.54) is 6.07 Å². The lowest BCUT2D eigenvalue weighted by atomic mass is 10.2. The maximum Gasteiger partial charge on any atom is 0.335 e. The van der Waals surface area contributed by atoms with Gasteiger partial charge in [0.2, 0.25) is 5.91 Å². The summed E-state index contributed by atoms with van der Waals surface area (Å²) >= 11 is 5.84. The summed E-state index contributed by atoms with van der Waals surface area (Å²) in [6.45, 7) is -0.585. The molecule has 0 bridgehead atoms. The molecule has 0 unspecified atom stereocenters. The van der Waals surface area contributed by atoms with E-state index in [2.05, 4.69) is 5.32 Å². The number of hydrogen-bond donors (Lipinski definition) is 1. The van der Waals surface area contributed by atoms with Crippen LogP contribution in [0, 0.1) is 0 Å². The number of carbonyl (C=O) groups is 4. The molecule has 8 heteroatoms. The standard InChI is InChI=1S/C18H14ClN3O4/c19-13-7-4-8-14(9-13)20-15(23)11-22-17(25)16(24)21(18(22)26)10-12-5-2-1-3-6-12/h1-9H,10-11H2,(H,20,23). The second-order valence-corrected chi connectivity index (χ2v) is 6.05. The molecule has 0 saturated carbocycles. The van der Waals surface area contributed by atoms with E-state index in [9.17, 15) is 19.2 Å². The van der Waals surface area contributed by atoms with Crippen molar-refractivity contribution in [2.75, 3.05) is 11.9 Å². The number of amides is 5. The van der Waals surface area contributed by atoms with E-state index in [4.69, 9.17) is 11.6 Å². The molecule has 1 saturated heterocycles. The fourth-order valence-electron chi connectivity index (χ4n) is 2.51. The topological polar surface area (TPSA) is 86.8 Å². The molecule has 26 heavy (non-hydrogen) atoms. The Bertz CT molecular complexity index is 885. The molecule has 2 aromatic rings. The minimum atomic E-state index is -1.02. The maximum atomic E-state index is 12.4. The number of benzene rings is 2. The second-order valence-electron chi connectivity index (χ2n) is 5.61. The summed E-state index contributed by atoms with van der Waals surface area (Å²) in [6.07, 6.45) is 0. The normalized spacial score (nSPS) is 14.1. The summed E-state index contributed by atoms with van der Waals surface area (Å²) in [6, 6.07) is 14.4. The highest BCUT2D eigenvalue weighted by Gasteiger charge is 2.45. The molecule has 5 amide bonds. The van der Waals surface area contributed by atoms with Crippen molar-refractivity contribution in [2.24, 2.45) is 0 Å². The van der Waals surface area contributed by atoms with Gasteiger partial charge in [0.1, 0.15) is 6.54 Å². The molecule has 0 radical (unpaired) electrons. The number of rotatable bonds is 5. The Kier molecular flexibility index (Phi) is 4.99. The van der Waals surface area contributed by atoms with Gasteiger partial charge in [-0.1, -0.05) is 48.0 Å². The molecule has 1 N–H and O–H groups in total. The van der Waals surface area contributed by atoms with Gasteiger partial charge in [-0.3, -0.25) is 19.3 Å². The van der Waals surface area contributed by atoms with Gasteiger partial charge in [-0.2, -0.15) is 0 Å². The molecule has 1 heterocycles. The molecule has 7 nitrogen and oxygen atoms in total. The summed E-state index contributed by atoms with van der Waals surface area (Å²) in [5.74, 6) is -2.58. The summed E-state index contributed by atoms with van der Waals surface area (Å²) in [4.78, 5) is 50.1. The average Bonchev–Trinajstić information content (AvgIpc) is 2.81. The zero-order valence-electron chi connectivity index (χ0n) is 13.5. The summed E-state index contributed by atoms with van der Waals surface area (Å²) in [7, 11) is 0. The van der Waals surface area contributed by atoms with E-state index in [1.807, 2.05) is 0 Å². The zero-order valence-corrected chi connectivity index (χ0v) is 14.3. The average molecular weight is 372 g/mol. The van der Waals surface area contributed by atoms with Crippen molar-refractivity contribution < 1.29 is 19.2 Å². The Labute approximate surface area is 154 Å². The van der Waals surface area contributed by atoms with Crippen molar-refractivity contribution >= 4 is 41.0 Å². The third-order valence-corrected chi connectivity index (χ3v) is 3.96. The highest BCUT2D eigenvalue weighted by atomic mass is 35.5. The van der Waals surface area contributed by atoms with E-state index < -0.39 is 30.3 Å². The van der Waals surface area contributed by atoms with Gasteiger partial charge in [0.05, 0.1) is 6.54 Å². The van der Waals surface area contributed by atoms with Crippen LogP contribution in [0.5, 0.6) is 0 Å². The van der Waals surface area contributed by atoms with Crippen LogP contribution < -0.4 is 5.32 Å². The van der Waals surface area contributed by atoms with Crippen LogP contribution in [0.4, 0.5) is 10.5 Å². The van der Waals surface area contributed by atoms with E-state index in [0.29, 0.717) is 21.2 Å². The van der Waals surface area contributed by atoms with E-state index in [1.54, 1.807) is 48.5 Å². The monoisotopic (exact) mass is 371 g/mol. The molecule has 2 aromatic carbocycles. The Hall–Kier alpha value is -3.19. The number of carbonyl (C=O) groups excluding carboxylic acids is 4. The van der Waals surface area contributed by atoms with Crippen molar-refractivity contribution in [2.45, 2.75) is 6.54 Å². The van der Waals surface area contributed by atoms with Crippen molar-refractivity contribution in [1.29, 1.82) is 0 Å². The van der Waals surface area contributed by atoms with Gasteiger partial charge in [0, 0.05) is 10.7 Å². The van der Waals surface area contributed by atoms with Crippen molar-refractivity contribution in [1.82, 2.24) is 9.80 Å². The van der Waals surface area contributed by atoms with Crippen molar-refractivity contribution in [3.05, 3.63) is 65.2 Å². The first-order valence-electron chi connectivity index (χ1n) is 7.72. The van der Waals surface area contributed by atoms with Gasteiger partial charge < -0.3 is 5.32 Å². The van der Waals surface area contributed by atoms with Crippen LogP contribution in [-0.4, -0.2) is 40.1 Å². The number of anilines is 1. The van der Waals surface area contributed by atoms with Gasteiger partial charge in [0.25, 0.3) is 0 Å². The van der Waals surface area contributed by atoms with E-state index in [-0.39, 0.29) is 6.54 Å². The molecule has 1 fully saturated rings. The van der Waals surface area contributed by atoms with E-state index in [0.717, 1.165) is 4.90 Å². The minimum absolute atomic E-state index is 0.0311. The van der Waals surface area contributed by atoms with Crippen LogP contribution in [0.15, 0.2) is 54.6 Å². The maximum absolute atomic E-state index is 12.4. The lowest BCUT2D eigenvalue weighted by Crippen LogP contribution is -2.38. The van der Waals surface area contributed by atoms with Crippen LogP contribution in [-0.2, 0) is 20.9 Å². The molecule has 132 valence electrons. The summed E-state index contributed by atoms with van der Waals surface area (Å²) < 4.78 is 0. The van der Waals surface area contributed by atoms with Gasteiger partial charge in [0.15, 0.2) is 0 Å². The van der Waals surface area contributed by atoms with Gasteiger partial charge >= 0.3 is 17.8 Å². The van der Waals surface area contributed by atoms with Crippen LogP contribution >= 0.6 is 11.6 Å². The number of halogens is 1. The third kappa shape index (κ3) is 3.73. The number of imide groups is 2. The molecule has 0 spiro atoms. The number of hydrogen-bond acceptors (Lipinski definition) is 4. The van der Waals surface area contributed by atoms with Gasteiger partial charge in [-0.05, 0) is 23.8 Å². The Balaban J connectivity index is 1.68. The van der Waals surface area contributed by atoms with E-state index >= 15 is 0 Å². The SMILES string of the molecule is O=C(CN1C(=O)C(=O)N(Cc2ccccc2)C1=O)Nc1cccc(Cl)c1. The molecule has 1 aliphatic rings. The largest absolute Gasteiger partial charge is 0.335 e. The highest BCUT2D eigenvalue weighted by molar-refractivity contribution is 6.45. The fraction of sp³-hybridized carbons (Fsp3) is 0.111. The Morgan fingerprint density at radius 2 is 1.62 bits per heavy atom. The first-order valence-corrected chi connectivity index (χ1v) is 8.10.